The van der Waals surface area contributed by atoms with E-state index < -0.39 is 144 Å². The fourth-order valence-electron chi connectivity index (χ4n) is 11.9. The molecule has 1 saturated heterocycles. The van der Waals surface area contributed by atoms with Crippen LogP contribution in [0.25, 0.3) is 21.8 Å². The number of para-hydroxylation sites is 2. The molecule has 10 atom stereocenters. The molecular formula is C68H93N21O14. The van der Waals surface area contributed by atoms with Crippen LogP contribution in [0.15, 0.2) is 97.7 Å². The van der Waals surface area contributed by atoms with Gasteiger partial charge >= 0.3 is 11.9 Å². The summed E-state index contributed by atoms with van der Waals surface area (Å²) in [6, 6.07) is 5.99. The maximum Gasteiger partial charge on any atom is 0.326 e. The Balaban J connectivity index is 1.17. The Morgan fingerprint density at radius 3 is 1.52 bits per heavy atom. The van der Waals surface area contributed by atoms with E-state index in [1.807, 2.05) is 18.2 Å². The maximum absolute atomic E-state index is 15.3. The van der Waals surface area contributed by atoms with Crippen molar-refractivity contribution in [2.75, 3.05) is 26.2 Å². The highest BCUT2D eigenvalue weighted by Gasteiger charge is 2.40. The van der Waals surface area contributed by atoms with E-state index >= 15 is 19.2 Å². The van der Waals surface area contributed by atoms with Crippen molar-refractivity contribution in [1.29, 1.82) is 10.8 Å². The highest BCUT2D eigenvalue weighted by Crippen LogP contribution is 2.25. The van der Waals surface area contributed by atoms with Gasteiger partial charge in [-0.2, -0.15) is 0 Å². The minimum Gasteiger partial charge on any atom is -0.508 e. The molecule has 0 spiro atoms. The molecule has 554 valence electrons. The van der Waals surface area contributed by atoms with E-state index in [1.54, 1.807) is 42.7 Å². The van der Waals surface area contributed by atoms with E-state index in [2.05, 4.69) is 73.1 Å². The molecule has 35 heteroatoms. The predicted octanol–water partition coefficient (Wildman–Crippen LogP) is -1.83. The van der Waals surface area contributed by atoms with Gasteiger partial charge in [0.15, 0.2) is 11.9 Å². The summed E-state index contributed by atoms with van der Waals surface area (Å²) in [7, 11) is 0. The summed E-state index contributed by atoms with van der Waals surface area (Å²) in [6.45, 7) is 1.64. The lowest BCUT2D eigenvalue weighted by Gasteiger charge is -2.29. The third-order valence-electron chi connectivity index (χ3n) is 17.5. The van der Waals surface area contributed by atoms with Crippen molar-refractivity contribution in [3.05, 3.63) is 120 Å². The zero-order chi connectivity index (χ0) is 74.7. The van der Waals surface area contributed by atoms with Gasteiger partial charge in [-0.05, 0) is 119 Å². The number of hydrogen-bond donors (Lipinski definition) is 22. The van der Waals surface area contributed by atoms with Gasteiger partial charge in [-0.3, -0.25) is 58.8 Å². The fraction of sp³-hybridized carbons (Fsp3) is 0.441. The highest BCUT2D eigenvalue weighted by molar-refractivity contribution is 5.99. The number of nitrogens with two attached hydrogens (primary N) is 4. The molecule has 0 saturated carbocycles. The number of hydrogen-bond acceptors (Lipinski definition) is 17. The first-order valence-electron chi connectivity index (χ1n) is 33.9. The van der Waals surface area contributed by atoms with Gasteiger partial charge in [0.1, 0.15) is 60.1 Å². The summed E-state index contributed by atoms with van der Waals surface area (Å²) in [5.74, 6) is -11.1. The Labute approximate surface area is 592 Å². The molecule has 26 N–H and O–H groups in total. The number of imidazole rings is 1. The number of carbonyl (C=O) groups is 11. The molecule has 3 aromatic carbocycles. The molecule has 0 unspecified atom stereocenters. The number of aliphatic carboxylic acids is 2. The van der Waals surface area contributed by atoms with Crippen LogP contribution in [0.5, 0.6) is 5.75 Å². The first-order chi connectivity index (χ1) is 49.3. The SMILES string of the molecule is C[C@H](NC(=O)[C@@H](N)CCC(=O)O)C(=O)N[C@@H](Cc1ccc(O)cc1)C(=O)N[C@@H](CCCCN)C(=O)N[C@@H](CCCNC(=N)N)C(=O)N[C@@H](CCCNC(=N)N)C(=O)N[C@@H](Cc1c[nH]c2ccccc12)C(=O)N[C@@H](Cc1cnc[nH]1)C(=O)N[C@@H](Cc1c[nH]c2ccccc12)C(=O)N1CCC[C@H]1C(=O)O. The second-order valence-electron chi connectivity index (χ2n) is 25.3. The van der Waals surface area contributed by atoms with Crippen molar-refractivity contribution < 1.29 is 68.1 Å². The summed E-state index contributed by atoms with van der Waals surface area (Å²) in [5, 5.41) is 73.1. The fourth-order valence-corrected chi connectivity index (χ4v) is 11.9. The van der Waals surface area contributed by atoms with Crippen LogP contribution < -0.4 is 76.1 Å². The van der Waals surface area contributed by atoms with Crippen LogP contribution in [0.1, 0.15) is 99.9 Å². The standard InChI is InChI=1S/C68H93N21O14/c1-37(81-58(94)45(70)23-24-56(91)92)57(93)85-51(29-38-19-21-42(90)22-20-38)62(98)84-48(15-6-7-25-69)59(95)82-49(16-8-26-76-67(71)72)60(96)83-50(17-9-27-77-68(73)74)61(97)86-52(30-39-33-78-46-13-4-2-11-43(39)46)63(99)87-53(32-41-35-75-36-80-41)64(100)88-54(65(101)89-28-10-18-55(89)66(102)103)31-40-34-79-47-14-5-3-12-44(40)47/h2-5,11-14,19-22,33-37,45,48-55,78-79,90H,6-10,15-18,23-32,69-70H2,1H3,(H,75,80)(H,81,94)(H,82,95)(H,83,96)(H,84,98)(H,85,93)(H,86,97)(H,87,99)(H,88,100)(H,91,92)(H,102,103)(H4,71,72,76)(H4,73,74,77)/t37-,45-,48-,49-,50-,51-,52-,53-,54-,55-/m0/s1. The molecule has 3 aromatic heterocycles. The van der Waals surface area contributed by atoms with E-state index in [9.17, 15) is 43.8 Å². The predicted molar refractivity (Wildman–Crippen MR) is 378 cm³/mol. The van der Waals surface area contributed by atoms with Crippen molar-refractivity contribution in [2.24, 2.45) is 22.9 Å². The number of amides is 9. The third-order valence-corrected chi connectivity index (χ3v) is 17.5. The number of likely N-dealkylation sites (tertiary alicyclic amines) is 1. The minimum absolute atomic E-state index is 0.0166. The Hall–Kier alpha value is -11.6. The first-order valence-corrected chi connectivity index (χ1v) is 33.9. The Kier molecular flexibility index (Phi) is 29.7. The van der Waals surface area contributed by atoms with Crippen molar-refractivity contribution in [3.8, 4) is 5.75 Å². The summed E-state index contributed by atoms with van der Waals surface area (Å²) in [5.41, 5.74) is 26.4. The number of guanidine groups is 2. The minimum atomic E-state index is -1.55. The van der Waals surface area contributed by atoms with Crippen LogP contribution in [0, 0.1) is 10.8 Å². The zero-order valence-electron chi connectivity index (χ0n) is 57.0. The molecule has 35 nitrogen and oxygen atoms in total. The zero-order valence-corrected chi connectivity index (χ0v) is 57.0. The number of carboxylic acids is 2. The van der Waals surface area contributed by atoms with Gasteiger partial charge in [0.25, 0.3) is 0 Å². The average molecular weight is 1430 g/mol. The Morgan fingerprint density at radius 1 is 0.563 bits per heavy atom. The summed E-state index contributed by atoms with van der Waals surface area (Å²) >= 11 is 0. The molecule has 0 bridgehead atoms. The molecule has 1 aliphatic heterocycles. The quantitative estimate of drug-likeness (QED) is 0.0114. The van der Waals surface area contributed by atoms with Crippen molar-refractivity contribution in [2.45, 2.75) is 164 Å². The number of nitrogens with one attached hydrogen (secondary N) is 15. The number of carboxylic acid groups (broad SMARTS) is 2. The van der Waals surface area contributed by atoms with Gasteiger partial charge in [-0.1, -0.05) is 48.5 Å². The van der Waals surface area contributed by atoms with Gasteiger partial charge in [0, 0.05) is 97.8 Å². The normalized spacial score (nSPS) is 15.3. The number of rotatable bonds is 41. The monoisotopic (exact) mass is 1430 g/mol. The molecule has 4 heterocycles. The molecular weight excluding hydrogens is 1330 g/mol. The lowest BCUT2D eigenvalue weighted by Crippen LogP contribution is -2.61. The van der Waals surface area contributed by atoms with E-state index in [-0.39, 0.29) is 109 Å². The summed E-state index contributed by atoms with van der Waals surface area (Å²) in [4.78, 5) is 169. The second kappa shape index (κ2) is 38.8. The van der Waals surface area contributed by atoms with Gasteiger partial charge in [-0.25, -0.2) is 9.78 Å². The van der Waals surface area contributed by atoms with E-state index in [1.165, 1.54) is 48.6 Å². The number of unbranched alkanes of at least 4 members (excludes halogenated alkanes) is 1. The van der Waals surface area contributed by atoms with Gasteiger partial charge in [0.05, 0.1) is 12.4 Å². The number of aromatic amines is 3. The number of carbonyl (C=O) groups excluding carboxylic acids is 9. The molecule has 0 aliphatic carbocycles. The van der Waals surface area contributed by atoms with Crippen LogP contribution in [0.2, 0.25) is 0 Å². The van der Waals surface area contributed by atoms with Crippen molar-refractivity contribution in [3.63, 3.8) is 0 Å². The van der Waals surface area contributed by atoms with Crippen molar-refractivity contribution >= 4 is 98.8 Å². The van der Waals surface area contributed by atoms with E-state index in [4.69, 9.17) is 38.9 Å². The average Bonchev–Trinajstić information content (AvgIpc) is 1.72. The second-order valence-corrected chi connectivity index (χ2v) is 25.3. The first kappa shape index (κ1) is 78.7. The smallest absolute Gasteiger partial charge is 0.326 e. The van der Waals surface area contributed by atoms with Crippen LogP contribution in [0.4, 0.5) is 0 Å². The van der Waals surface area contributed by atoms with Crippen LogP contribution in [0.3, 0.4) is 0 Å². The number of phenolic OH excluding ortho intramolecular Hbond substituents is 1. The largest absolute Gasteiger partial charge is 0.508 e. The topological polar surface area (TPSA) is 584 Å². The number of fused-ring (bicyclic) bond motifs is 2. The molecule has 0 radical (unpaired) electrons. The molecule has 7 rings (SSSR count). The highest BCUT2D eigenvalue weighted by atomic mass is 16.4. The summed E-state index contributed by atoms with van der Waals surface area (Å²) in [6.07, 6.45) is 5.62. The molecule has 1 aliphatic rings. The number of nitrogens with zero attached hydrogens (tertiary/aromatic N) is 2. The van der Waals surface area contributed by atoms with Crippen LogP contribution in [-0.2, 0) is 78.4 Å². The number of aromatic hydroxyl groups is 1. The van der Waals surface area contributed by atoms with Gasteiger partial charge in [-0.15, -0.1) is 0 Å². The Bertz CT molecular complexity index is 3940. The lowest BCUT2D eigenvalue weighted by atomic mass is 10.0. The number of phenols is 1. The van der Waals surface area contributed by atoms with Crippen LogP contribution >= 0.6 is 0 Å². The molecule has 1 fully saturated rings. The molecule has 9 amide bonds. The maximum atomic E-state index is 15.3. The Morgan fingerprint density at radius 2 is 1.03 bits per heavy atom. The van der Waals surface area contributed by atoms with E-state index in [0.29, 0.717) is 46.1 Å². The van der Waals surface area contributed by atoms with Gasteiger partial charge < -0.3 is 111 Å². The van der Waals surface area contributed by atoms with E-state index in [0.717, 1.165) is 10.9 Å². The number of H-pyrrole nitrogens is 3. The summed E-state index contributed by atoms with van der Waals surface area (Å²) < 4.78 is 0. The van der Waals surface area contributed by atoms with Gasteiger partial charge in [0.2, 0.25) is 53.2 Å². The molecule has 6 aromatic rings. The lowest BCUT2D eigenvalue weighted by molar-refractivity contribution is -0.149. The van der Waals surface area contributed by atoms with Crippen LogP contribution in [-0.4, -0.2) is 204 Å². The molecule has 103 heavy (non-hydrogen) atoms. The third kappa shape index (κ3) is 24.0. The number of aromatic nitrogens is 4. The van der Waals surface area contributed by atoms with Crippen molar-refractivity contribution in [1.82, 2.24) is 78.0 Å². The number of benzene rings is 3.